The van der Waals surface area contributed by atoms with Gasteiger partial charge in [0.05, 0.1) is 0 Å². The molecule has 0 aromatic carbocycles. The Hall–Kier alpha value is -0.770. The summed E-state index contributed by atoms with van der Waals surface area (Å²) < 4.78 is 0. The first-order chi connectivity index (χ1) is 6.13. The Labute approximate surface area is 78.9 Å². The zero-order valence-corrected chi connectivity index (χ0v) is 8.29. The summed E-state index contributed by atoms with van der Waals surface area (Å²) in [5, 5.41) is 11.2. The van der Waals surface area contributed by atoms with E-state index in [-0.39, 0.29) is 6.04 Å². The van der Waals surface area contributed by atoms with Crippen molar-refractivity contribution in [3.63, 3.8) is 0 Å². The molecular weight excluding hydrogens is 168 g/mol. The van der Waals surface area contributed by atoms with Crippen LogP contribution in [0.2, 0.25) is 0 Å². The summed E-state index contributed by atoms with van der Waals surface area (Å²) in [6.07, 6.45) is 0.175. The molecule has 1 heterocycles. The van der Waals surface area contributed by atoms with Crippen LogP contribution in [-0.4, -0.2) is 41.8 Å². The molecule has 0 aromatic rings. The molecule has 1 aliphatic rings. The molecule has 1 aliphatic heterocycles. The fraction of sp³-hybridized carbons (Fsp3) is 0.889. The number of nitrogens with zero attached hydrogens (tertiary/aromatic N) is 1. The number of hydrogen-bond donors (Lipinski definition) is 2. The van der Waals surface area contributed by atoms with Crippen molar-refractivity contribution in [2.75, 3.05) is 19.6 Å². The van der Waals surface area contributed by atoms with Crippen molar-refractivity contribution >= 4 is 6.09 Å². The van der Waals surface area contributed by atoms with Crippen LogP contribution < -0.4 is 5.32 Å². The fourth-order valence-corrected chi connectivity index (χ4v) is 1.77. The quantitative estimate of drug-likeness (QED) is 0.676. The number of likely N-dealkylation sites (tertiary alicyclic amines) is 1. The average molecular weight is 186 g/mol. The lowest BCUT2D eigenvalue weighted by Gasteiger charge is -2.36. The molecular formula is C9H18N2O2. The Morgan fingerprint density at radius 2 is 2.38 bits per heavy atom. The Morgan fingerprint density at radius 1 is 1.69 bits per heavy atom. The number of nitrogens with one attached hydrogen (secondary N) is 1. The molecule has 76 valence electrons. The molecule has 0 aliphatic carbocycles. The molecule has 0 spiro atoms. The average Bonchev–Trinajstić information content (AvgIpc) is 2.08. The largest absolute Gasteiger partial charge is 0.465 e. The van der Waals surface area contributed by atoms with Crippen LogP contribution >= 0.6 is 0 Å². The summed E-state index contributed by atoms with van der Waals surface area (Å²) in [4.78, 5) is 12.8. The van der Waals surface area contributed by atoms with E-state index < -0.39 is 6.09 Å². The molecule has 0 saturated carbocycles. The SMILES string of the molecule is CCN1CCC(C)C(NC(=O)O)C1. The standard InChI is InChI=1S/C9H18N2O2/c1-3-11-5-4-7(2)8(6-11)10-9(12)13/h7-8,10H,3-6H2,1-2H3,(H,12,13). The van der Waals surface area contributed by atoms with Crippen molar-refractivity contribution in [3.8, 4) is 0 Å². The van der Waals surface area contributed by atoms with Crippen molar-refractivity contribution in [1.29, 1.82) is 0 Å². The van der Waals surface area contributed by atoms with Gasteiger partial charge in [0.2, 0.25) is 0 Å². The molecule has 0 radical (unpaired) electrons. The first-order valence-electron chi connectivity index (χ1n) is 4.85. The molecule has 2 unspecified atom stereocenters. The molecule has 4 nitrogen and oxygen atoms in total. The Morgan fingerprint density at radius 3 is 2.92 bits per heavy atom. The van der Waals surface area contributed by atoms with Crippen LogP contribution in [0.3, 0.4) is 0 Å². The van der Waals surface area contributed by atoms with Crippen LogP contribution in [0.1, 0.15) is 20.3 Å². The van der Waals surface area contributed by atoms with E-state index in [0.717, 1.165) is 26.1 Å². The van der Waals surface area contributed by atoms with Crippen LogP contribution in [-0.2, 0) is 0 Å². The van der Waals surface area contributed by atoms with Gasteiger partial charge in [0, 0.05) is 12.6 Å². The van der Waals surface area contributed by atoms with Gasteiger partial charge in [-0.25, -0.2) is 4.79 Å². The van der Waals surface area contributed by atoms with Gasteiger partial charge in [-0.3, -0.25) is 0 Å². The lowest BCUT2D eigenvalue weighted by Crippen LogP contribution is -2.51. The second-order valence-corrected chi connectivity index (χ2v) is 3.72. The minimum Gasteiger partial charge on any atom is -0.465 e. The summed E-state index contributed by atoms with van der Waals surface area (Å²) in [5.41, 5.74) is 0. The van der Waals surface area contributed by atoms with Crippen LogP contribution in [0, 0.1) is 5.92 Å². The number of carboxylic acid groups (broad SMARTS) is 1. The molecule has 1 saturated heterocycles. The zero-order valence-electron chi connectivity index (χ0n) is 8.29. The summed E-state index contributed by atoms with van der Waals surface area (Å²) in [5.74, 6) is 0.457. The molecule has 13 heavy (non-hydrogen) atoms. The Balaban J connectivity index is 2.44. The monoisotopic (exact) mass is 186 g/mol. The molecule has 1 fully saturated rings. The third-order valence-corrected chi connectivity index (χ3v) is 2.80. The number of likely N-dealkylation sites (N-methyl/N-ethyl adjacent to an activating group) is 1. The second-order valence-electron chi connectivity index (χ2n) is 3.72. The lowest BCUT2D eigenvalue weighted by molar-refractivity contribution is 0.140. The maximum absolute atomic E-state index is 10.5. The summed E-state index contributed by atoms with van der Waals surface area (Å²) in [6.45, 7) is 7.16. The lowest BCUT2D eigenvalue weighted by atomic mass is 9.94. The van der Waals surface area contributed by atoms with Gasteiger partial charge in [-0.15, -0.1) is 0 Å². The first-order valence-corrected chi connectivity index (χ1v) is 4.85. The minimum atomic E-state index is -0.908. The smallest absolute Gasteiger partial charge is 0.404 e. The Kier molecular flexibility index (Phi) is 3.54. The van der Waals surface area contributed by atoms with Crippen molar-refractivity contribution in [2.24, 2.45) is 5.92 Å². The summed E-state index contributed by atoms with van der Waals surface area (Å²) in [7, 11) is 0. The normalized spacial score (nSPS) is 30.0. The highest BCUT2D eigenvalue weighted by atomic mass is 16.4. The van der Waals surface area contributed by atoms with Gasteiger partial charge in [0.1, 0.15) is 0 Å². The summed E-state index contributed by atoms with van der Waals surface area (Å²) >= 11 is 0. The van der Waals surface area contributed by atoms with Crippen LogP contribution in [0.15, 0.2) is 0 Å². The van der Waals surface area contributed by atoms with E-state index in [9.17, 15) is 4.79 Å². The first kappa shape index (κ1) is 10.3. The zero-order chi connectivity index (χ0) is 9.84. The molecule has 1 amide bonds. The topological polar surface area (TPSA) is 52.6 Å². The summed E-state index contributed by atoms with van der Waals surface area (Å²) in [6, 6.07) is 0.103. The van der Waals surface area contributed by atoms with Crippen molar-refractivity contribution < 1.29 is 9.90 Å². The van der Waals surface area contributed by atoms with Gasteiger partial charge in [-0.1, -0.05) is 13.8 Å². The van der Waals surface area contributed by atoms with Gasteiger partial charge in [-0.05, 0) is 25.4 Å². The number of hydrogen-bond acceptors (Lipinski definition) is 2. The predicted octanol–water partition coefficient (Wildman–Crippen LogP) is 0.984. The second kappa shape index (κ2) is 4.46. The predicted molar refractivity (Wildman–Crippen MR) is 50.8 cm³/mol. The van der Waals surface area contributed by atoms with E-state index >= 15 is 0 Å². The highest BCUT2D eigenvalue weighted by molar-refractivity contribution is 5.64. The van der Waals surface area contributed by atoms with E-state index in [2.05, 4.69) is 24.1 Å². The van der Waals surface area contributed by atoms with Crippen LogP contribution in [0.5, 0.6) is 0 Å². The van der Waals surface area contributed by atoms with E-state index in [4.69, 9.17) is 5.11 Å². The Bertz CT molecular complexity index is 184. The third kappa shape index (κ3) is 2.88. The number of piperidine rings is 1. The van der Waals surface area contributed by atoms with Gasteiger partial charge in [0.15, 0.2) is 0 Å². The van der Waals surface area contributed by atoms with Gasteiger partial charge in [-0.2, -0.15) is 0 Å². The number of amides is 1. The maximum Gasteiger partial charge on any atom is 0.404 e. The number of carbonyl (C=O) groups is 1. The van der Waals surface area contributed by atoms with Crippen molar-refractivity contribution in [3.05, 3.63) is 0 Å². The van der Waals surface area contributed by atoms with E-state index in [0.29, 0.717) is 5.92 Å². The molecule has 2 atom stereocenters. The third-order valence-electron chi connectivity index (χ3n) is 2.80. The fourth-order valence-electron chi connectivity index (χ4n) is 1.77. The highest BCUT2D eigenvalue weighted by Gasteiger charge is 2.26. The van der Waals surface area contributed by atoms with Crippen molar-refractivity contribution in [2.45, 2.75) is 26.3 Å². The maximum atomic E-state index is 10.5. The van der Waals surface area contributed by atoms with E-state index in [1.807, 2.05) is 0 Å². The van der Waals surface area contributed by atoms with Crippen LogP contribution in [0.25, 0.3) is 0 Å². The van der Waals surface area contributed by atoms with Crippen molar-refractivity contribution in [1.82, 2.24) is 10.2 Å². The van der Waals surface area contributed by atoms with E-state index in [1.165, 1.54) is 0 Å². The highest BCUT2D eigenvalue weighted by Crippen LogP contribution is 2.16. The van der Waals surface area contributed by atoms with Gasteiger partial charge >= 0.3 is 6.09 Å². The molecule has 0 aromatic heterocycles. The molecule has 0 bridgehead atoms. The van der Waals surface area contributed by atoms with E-state index in [1.54, 1.807) is 0 Å². The minimum absolute atomic E-state index is 0.103. The number of rotatable bonds is 2. The molecule has 4 heteroatoms. The molecule has 1 rings (SSSR count). The van der Waals surface area contributed by atoms with Gasteiger partial charge < -0.3 is 15.3 Å². The van der Waals surface area contributed by atoms with Gasteiger partial charge in [0.25, 0.3) is 0 Å². The molecule has 2 N–H and O–H groups in total. The van der Waals surface area contributed by atoms with Crippen LogP contribution in [0.4, 0.5) is 4.79 Å².